The summed E-state index contributed by atoms with van der Waals surface area (Å²) in [6, 6.07) is 8.16. The molecule has 2 heterocycles. The van der Waals surface area contributed by atoms with Crippen molar-refractivity contribution in [3.63, 3.8) is 0 Å². The third kappa shape index (κ3) is 5.84. The predicted octanol–water partition coefficient (Wildman–Crippen LogP) is 3.53. The average molecular weight is 520 g/mol. The molecule has 9 heteroatoms. The third-order valence-electron chi connectivity index (χ3n) is 4.34. The summed E-state index contributed by atoms with van der Waals surface area (Å²) in [7, 11) is 0. The number of hydrogen-bond donors (Lipinski definition) is 3. The summed E-state index contributed by atoms with van der Waals surface area (Å²) in [6.45, 7) is 4.66. The fourth-order valence-electron chi connectivity index (χ4n) is 3.01. The summed E-state index contributed by atoms with van der Waals surface area (Å²) in [6.07, 6.45) is 2.68. The van der Waals surface area contributed by atoms with E-state index in [1.54, 1.807) is 12.3 Å². The number of aromatic hydroxyl groups is 1. The number of nitrogens with one attached hydrogen (secondary N) is 2. The van der Waals surface area contributed by atoms with E-state index < -0.39 is 5.82 Å². The van der Waals surface area contributed by atoms with Gasteiger partial charge in [0.25, 0.3) is 0 Å². The summed E-state index contributed by atoms with van der Waals surface area (Å²) < 4.78 is 13.5. The van der Waals surface area contributed by atoms with E-state index >= 15 is 0 Å². The fraction of sp³-hybridized carbons (Fsp3) is 0.368. The topological polar surface area (TPSA) is 72.8 Å². The number of rotatable bonds is 5. The smallest absolute Gasteiger partial charge is 0.191 e. The van der Waals surface area contributed by atoms with Crippen LogP contribution < -0.4 is 15.5 Å². The Balaban J connectivity index is 0.00000280. The second-order valence-electron chi connectivity index (χ2n) is 6.37. The Morgan fingerprint density at radius 2 is 2.25 bits per heavy atom. The molecule has 1 unspecified atom stereocenters. The molecule has 1 aliphatic rings. The molecule has 3 rings (SSSR count). The first kappa shape index (κ1) is 22.5. The number of pyridine rings is 1. The van der Waals surface area contributed by atoms with Crippen LogP contribution in [0.2, 0.25) is 5.02 Å². The summed E-state index contributed by atoms with van der Waals surface area (Å²) in [5.41, 5.74) is 0.691. The number of phenolic OH excluding ortho intramolecular Hbond substituents is 1. The van der Waals surface area contributed by atoms with Gasteiger partial charge in [0.05, 0.1) is 11.6 Å². The largest absolute Gasteiger partial charge is 0.505 e. The minimum atomic E-state index is -0.640. The molecule has 0 amide bonds. The van der Waals surface area contributed by atoms with Crippen molar-refractivity contribution in [3.05, 3.63) is 52.9 Å². The second kappa shape index (κ2) is 10.7. The molecule has 1 aromatic carbocycles. The van der Waals surface area contributed by atoms with E-state index in [-0.39, 0.29) is 35.8 Å². The summed E-state index contributed by atoms with van der Waals surface area (Å²) in [5.74, 6) is 0.473. The van der Waals surface area contributed by atoms with Crippen LogP contribution in [0.4, 0.5) is 10.2 Å². The van der Waals surface area contributed by atoms with Crippen LogP contribution in [0.5, 0.6) is 5.75 Å². The highest BCUT2D eigenvalue weighted by atomic mass is 127. The van der Waals surface area contributed by atoms with E-state index in [2.05, 4.69) is 25.5 Å². The van der Waals surface area contributed by atoms with Gasteiger partial charge in [-0.15, -0.1) is 24.0 Å². The maximum atomic E-state index is 13.5. The van der Waals surface area contributed by atoms with Gasteiger partial charge in [-0.2, -0.15) is 0 Å². The van der Waals surface area contributed by atoms with E-state index in [0.717, 1.165) is 31.9 Å². The number of halogens is 3. The van der Waals surface area contributed by atoms with Crippen LogP contribution in [-0.2, 0) is 6.54 Å². The van der Waals surface area contributed by atoms with Gasteiger partial charge in [-0.3, -0.25) is 0 Å². The lowest BCUT2D eigenvalue weighted by Gasteiger charge is -2.20. The van der Waals surface area contributed by atoms with E-state index in [0.29, 0.717) is 23.1 Å². The van der Waals surface area contributed by atoms with Crippen molar-refractivity contribution in [2.24, 2.45) is 4.99 Å². The van der Waals surface area contributed by atoms with Crippen molar-refractivity contribution >= 4 is 47.4 Å². The zero-order valence-electron chi connectivity index (χ0n) is 15.5. The predicted molar refractivity (Wildman–Crippen MR) is 121 cm³/mol. The van der Waals surface area contributed by atoms with Crippen LogP contribution >= 0.6 is 35.6 Å². The van der Waals surface area contributed by atoms with Crippen LogP contribution in [0.1, 0.15) is 18.9 Å². The summed E-state index contributed by atoms with van der Waals surface area (Å²) in [4.78, 5) is 11.0. The monoisotopic (exact) mass is 519 g/mol. The van der Waals surface area contributed by atoms with Crippen LogP contribution in [0, 0.1) is 5.82 Å². The number of hydrogen-bond acceptors (Lipinski definition) is 4. The molecule has 3 N–H and O–H groups in total. The minimum Gasteiger partial charge on any atom is -0.505 e. The van der Waals surface area contributed by atoms with Gasteiger partial charge in [-0.1, -0.05) is 17.7 Å². The second-order valence-corrected chi connectivity index (χ2v) is 6.77. The average Bonchev–Trinajstić information content (AvgIpc) is 3.11. The van der Waals surface area contributed by atoms with Crippen molar-refractivity contribution in [2.75, 3.05) is 24.5 Å². The van der Waals surface area contributed by atoms with Crippen molar-refractivity contribution in [1.29, 1.82) is 0 Å². The number of phenols is 1. The SMILES string of the molecule is CCNC(=NCc1ccc(O)c(F)c1)NC1CCN(c2ncccc2Cl)C1.I. The zero-order valence-corrected chi connectivity index (χ0v) is 18.6. The van der Waals surface area contributed by atoms with Gasteiger partial charge >= 0.3 is 0 Å². The molecule has 6 nitrogen and oxygen atoms in total. The maximum absolute atomic E-state index is 13.5. The molecule has 1 fully saturated rings. The summed E-state index contributed by atoms with van der Waals surface area (Å²) in [5, 5.41) is 16.5. The first-order valence-corrected chi connectivity index (χ1v) is 9.32. The van der Waals surface area contributed by atoms with Crippen LogP contribution in [-0.4, -0.2) is 41.7 Å². The Morgan fingerprint density at radius 1 is 1.43 bits per heavy atom. The van der Waals surface area contributed by atoms with Crippen LogP contribution in [0.3, 0.4) is 0 Å². The maximum Gasteiger partial charge on any atom is 0.191 e. The van der Waals surface area contributed by atoms with Crippen molar-refractivity contribution in [2.45, 2.75) is 25.9 Å². The first-order valence-electron chi connectivity index (χ1n) is 8.94. The van der Waals surface area contributed by atoms with Gasteiger partial charge < -0.3 is 20.6 Å². The fourth-order valence-corrected chi connectivity index (χ4v) is 3.25. The zero-order chi connectivity index (χ0) is 19.2. The van der Waals surface area contributed by atoms with Crippen LogP contribution in [0.25, 0.3) is 0 Å². The van der Waals surface area contributed by atoms with Gasteiger partial charge in [-0.25, -0.2) is 14.4 Å². The van der Waals surface area contributed by atoms with Gasteiger partial charge in [0, 0.05) is 31.9 Å². The molecule has 1 saturated heterocycles. The molecular weight excluding hydrogens is 496 g/mol. The van der Waals surface area contributed by atoms with E-state index in [9.17, 15) is 9.50 Å². The summed E-state index contributed by atoms with van der Waals surface area (Å²) >= 11 is 6.24. The molecule has 1 atom stereocenters. The Hall–Kier alpha value is -1.81. The van der Waals surface area contributed by atoms with Crippen molar-refractivity contribution in [3.8, 4) is 5.75 Å². The normalized spacial score (nSPS) is 16.6. The molecule has 1 aromatic heterocycles. The van der Waals surface area contributed by atoms with Crippen molar-refractivity contribution < 1.29 is 9.50 Å². The Kier molecular flexibility index (Phi) is 8.56. The molecule has 0 aliphatic carbocycles. The van der Waals surface area contributed by atoms with E-state index in [1.165, 1.54) is 12.1 Å². The number of aromatic nitrogens is 1. The van der Waals surface area contributed by atoms with Gasteiger partial charge in [0.2, 0.25) is 0 Å². The Labute approximate surface area is 186 Å². The highest BCUT2D eigenvalue weighted by molar-refractivity contribution is 14.0. The highest BCUT2D eigenvalue weighted by Gasteiger charge is 2.25. The highest BCUT2D eigenvalue weighted by Crippen LogP contribution is 2.25. The Bertz CT molecular complexity index is 823. The molecule has 0 spiro atoms. The van der Waals surface area contributed by atoms with E-state index in [1.807, 2.05) is 19.1 Å². The molecule has 0 bridgehead atoms. The van der Waals surface area contributed by atoms with E-state index in [4.69, 9.17) is 11.6 Å². The number of guanidine groups is 1. The molecule has 0 radical (unpaired) electrons. The lowest BCUT2D eigenvalue weighted by atomic mass is 10.2. The molecular formula is C19H24ClFIN5O. The molecule has 152 valence electrons. The Morgan fingerprint density at radius 3 is 2.96 bits per heavy atom. The number of aliphatic imine (C=N–C) groups is 1. The van der Waals surface area contributed by atoms with Gasteiger partial charge in [-0.05, 0) is 43.2 Å². The minimum absolute atomic E-state index is 0. The molecule has 0 saturated carbocycles. The third-order valence-corrected chi connectivity index (χ3v) is 4.64. The number of anilines is 1. The van der Waals surface area contributed by atoms with Crippen molar-refractivity contribution in [1.82, 2.24) is 15.6 Å². The molecule has 28 heavy (non-hydrogen) atoms. The number of benzene rings is 1. The standard InChI is InChI=1S/C19H23ClFN5O.HI/c1-2-22-19(24-11-13-5-6-17(27)16(21)10-13)25-14-7-9-26(12-14)18-15(20)4-3-8-23-18;/h3-6,8,10,14,27H,2,7,9,11-12H2,1H3,(H2,22,24,25);1H. The van der Waals surface area contributed by atoms with Gasteiger partial charge in [0.1, 0.15) is 5.82 Å². The lowest BCUT2D eigenvalue weighted by Crippen LogP contribution is -2.44. The first-order chi connectivity index (χ1) is 13.1. The van der Waals surface area contributed by atoms with Gasteiger partial charge in [0.15, 0.2) is 17.5 Å². The lowest BCUT2D eigenvalue weighted by molar-refractivity contribution is 0.432. The number of nitrogens with zero attached hydrogens (tertiary/aromatic N) is 3. The van der Waals surface area contributed by atoms with Crippen LogP contribution in [0.15, 0.2) is 41.5 Å². The molecule has 2 aromatic rings. The quantitative estimate of drug-likeness (QED) is 0.320. The molecule has 1 aliphatic heterocycles.